The number of hydrogen-bond acceptors (Lipinski definition) is 3. The second-order valence-corrected chi connectivity index (χ2v) is 2.02. The topological polar surface area (TPSA) is 43.1 Å². The van der Waals surface area contributed by atoms with Crippen molar-refractivity contribution in [3.63, 3.8) is 0 Å². The van der Waals surface area contributed by atoms with Crippen molar-refractivity contribution in [1.82, 2.24) is 19.6 Å². The summed E-state index contributed by atoms with van der Waals surface area (Å²) in [6.45, 7) is 1.89. The highest BCUT2D eigenvalue weighted by Crippen LogP contribution is 1.96. The number of rotatable bonds is 0. The standard InChI is InChI=1S/C6H6N4/c1-5-7-4-8-6-2-3-9-10(5)6/h2-4H,1H3. The van der Waals surface area contributed by atoms with Crippen molar-refractivity contribution in [3.8, 4) is 0 Å². The first-order chi connectivity index (χ1) is 4.88. The van der Waals surface area contributed by atoms with E-state index in [1.54, 1.807) is 10.7 Å². The van der Waals surface area contributed by atoms with Gasteiger partial charge in [0.25, 0.3) is 0 Å². The molecule has 0 radical (unpaired) electrons. The predicted octanol–water partition coefficient (Wildman–Crippen LogP) is 0.433. The second-order valence-electron chi connectivity index (χ2n) is 2.02. The number of aryl methyl sites for hydroxylation is 1. The Labute approximate surface area is 57.5 Å². The van der Waals surface area contributed by atoms with Gasteiger partial charge in [0.2, 0.25) is 0 Å². The van der Waals surface area contributed by atoms with E-state index in [-0.39, 0.29) is 0 Å². The fourth-order valence-corrected chi connectivity index (χ4v) is 0.870. The Morgan fingerprint density at radius 3 is 3.10 bits per heavy atom. The molecule has 0 bridgehead atoms. The maximum Gasteiger partial charge on any atom is 0.158 e. The quantitative estimate of drug-likeness (QED) is 0.524. The van der Waals surface area contributed by atoms with Crippen molar-refractivity contribution in [1.29, 1.82) is 0 Å². The summed E-state index contributed by atoms with van der Waals surface area (Å²) in [6, 6.07) is 1.84. The Balaban J connectivity index is 2.95. The lowest BCUT2D eigenvalue weighted by Crippen LogP contribution is -1.97. The van der Waals surface area contributed by atoms with Crippen LogP contribution in [-0.2, 0) is 0 Å². The molecule has 0 unspecified atom stereocenters. The van der Waals surface area contributed by atoms with Crippen molar-refractivity contribution >= 4 is 5.65 Å². The second kappa shape index (κ2) is 1.76. The summed E-state index contributed by atoms with van der Waals surface area (Å²) in [5.41, 5.74) is 0.840. The first kappa shape index (κ1) is 5.34. The summed E-state index contributed by atoms with van der Waals surface area (Å²) in [5, 5.41) is 4.01. The number of aromatic nitrogens is 4. The molecule has 0 aliphatic rings. The van der Waals surface area contributed by atoms with Crippen LogP contribution in [0.4, 0.5) is 0 Å². The molecule has 0 N–H and O–H groups in total. The van der Waals surface area contributed by atoms with Crippen LogP contribution in [-0.4, -0.2) is 19.6 Å². The largest absolute Gasteiger partial charge is 0.222 e. The molecule has 2 aromatic heterocycles. The zero-order chi connectivity index (χ0) is 6.97. The van der Waals surface area contributed by atoms with Gasteiger partial charge < -0.3 is 0 Å². The lowest BCUT2D eigenvalue weighted by molar-refractivity contribution is 0.837. The van der Waals surface area contributed by atoms with E-state index >= 15 is 0 Å². The third kappa shape index (κ3) is 0.586. The molecule has 0 fully saturated rings. The van der Waals surface area contributed by atoms with Crippen LogP contribution < -0.4 is 0 Å². The molecule has 4 nitrogen and oxygen atoms in total. The molecule has 0 aromatic carbocycles. The molecule has 0 aliphatic carbocycles. The predicted molar refractivity (Wildman–Crippen MR) is 35.5 cm³/mol. The smallest absolute Gasteiger partial charge is 0.158 e. The third-order valence-corrected chi connectivity index (χ3v) is 1.36. The summed E-state index contributed by atoms with van der Waals surface area (Å²) in [6.07, 6.45) is 3.24. The van der Waals surface area contributed by atoms with Crippen molar-refractivity contribution in [2.45, 2.75) is 6.92 Å². The van der Waals surface area contributed by atoms with Crippen molar-refractivity contribution in [2.24, 2.45) is 0 Å². The lowest BCUT2D eigenvalue weighted by atomic mass is 10.6. The molecule has 10 heavy (non-hydrogen) atoms. The van der Waals surface area contributed by atoms with E-state index in [1.807, 2.05) is 13.0 Å². The summed E-state index contributed by atoms with van der Waals surface area (Å²) < 4.78 is 1.69. The minimum atomic E-state index is 0.840. The van der Waals surface area contributed by atoms with Crippen LogP contribution in [0.1, 0.15) is 5.82 Å². The van der Waals surface area contributed by atoms with Crippen molar-refractivity contribution in [3.05, 3.63) is 24.4 Å². The fraction of sp³-hybridized carbons (Fsp3) is 0.167. The van der Waals surface area contributed by atoms with Gasteiger partial charge in [0.05, 0.1) is 6.20 Å². The molecular weight excluding hydrogens is 128 g/mol. The van der Waals surface area contributed by atoms with Crippen molar-refractivity contribution in [2.75, 3.05) is 0 Å². The Morgan fingerprint density at radius 2 is 2.30 bits per heavy atom. The maximum atomic E-state index is 4.01. The third-order valence-electron chi connectivity index (χ3n) is 1.36. The molecule has 4 heteroatoms. The van der Waals surface area contributed by atoms with Crippen LogP contribution in [0.2, 0.25) is 0 Å². The Morgan fingerprint density at radius 1 is 1.40 bits per heavy atom. The van der Waals surface area contributed by atoms with E-state index in [4.69, 9.17) is 0 Å². The molecule has 0 amide bonds. The normalized spacial score (nSPS) is 10.5. The Bertz CT molecular complexity index is 351. The number of nitrogens with zero attached hydrogens (tertiary/aromatic N) is 4. The molecule has 0 saturated carbocycles. The summed E-state index contributed by atoms with van der Waals surface area (Å²) >= 11 is 0. The fourth-order valence-electron chi connectivity index (χ4n) is 0.870. The van der Waals surface area contributed by atoms with Crippen LogP contribution in [0, 0.1) is 6.92 Å². The van der Waals surface area contributed by atoms with Gasteiger partial charge in [-0.15, -0.1) is 0 Å². The van der Waals surface area contributed by atoms with Crippen molar-refractivity contribution < 1.29 is 0 Å². The molecule has 0 aliphatic heterocycles. The summed E-state index contributed by atoms with van der Waals surface area (Å²) in [5.74, 6) is 0.856. The van der Waals surface area contributed by atoms with Gasteiger partial charge in [-0.2, -0.15) is 5.10 Å². The van der Waals surface area contributed by atoms with E-state index in [9.17, 15) is 0 Å². The minimum Gasteiger partial charge on any atom is -0.222 e. The van der Waals surface area contributed by atoms with E-state index in [0.717, 1.165) is 11.5 Å². The van der Waals surface area contributed by atoms with Gasteiger partial charge in [0, 0.05) is 6.07 Å². The summed E-state index contributed by atoms with van der Waals surface area (Å²) in [7, 11) is 0. The molecule has 0 saturated heterocycles. The monoisotopic (exact) mass is 134 g/mol. The maximum absolute atomic E-state index is 4.01. The Hall–Kier alpha value is -1.45. The SMILES string of the molecule is Cc1ncnc2ccnn12. The molecular formula is C6H6N4. The lowest BCUT2D eigenvalue weighted by Gasteiger charge is -1.93. The zero-order valence-electron chi connectivity index (χ0n) is 5.52. The molecule has 2 aromatic rings. The van der Waals surface area contributed by atoms with Crippen LogP contribution in [0.5, 0.6) is 0 Å². The highest BCUT2D eigenvalue weighted by Gasteiger charge is 1.95. The first-order valence-electron chi connectivity index (χ1n) is 2.99. The van der Waals surface area contributed by atoms with Gasteiger partial charge in [0.15, 0.2) is 5.65 Å². The van der Waals surface area contributed by atoms with Crippen LogP contribution in [0.15, 0.2) is 18.6 Å². The average molecular weight is 134 g/mol. The van der Waals surface area contributed by atoms with Crippen LogP contribution >= 0.6 is 0 Å². The Kier molecular flexibility index (Phi) is 0.943. The van der Waals surface area contributed by atoms with Gasteiger partial charge in [-0.1, -0.05) is 0 Å². The number of fused-ring (bicyclic) bond motifs is 1. The average Bonchev–Trinajstić information content (AvgIpc) is 2.36. The van der Waals surface area contributed by atoms with E-state index < -0.39 is 0 Å². The summed E-state index contributed by atoms with van der Waals surface area (Å²) in [4.78, 5) is 7.96. The van der Waals surface area contributed by atoms with E-state index in [0.29, 0.717) is 0 Å². The zero-order valence-corrected chi connectivity index (χ0v) is 5.52. The minimum absolute atomic E-state index is 0.840. The molecule has 0 atom stereocenters. The van der Waals surface area contributed by atoms with Gasteiger partial charge >= 0.3 is 0 Å². The van der Waals surface area contributed by atoms with Gasteiger partial charge in [-0.25, -0.2) is 14.5 Å². The van der Waals surface area contributed by atoms with Gasteiger partial charge in [-0.3, -0.25) is 0 Å². The first-order valence-corrected chi connectivity index (χ1v) is 2.99. The molecule has 0 spiro atoms. The molecule has 2 heterocycles. The molecule has 2 rings (SSSR count). The highest BCUT2D eigenvalue weighted by molar-refractivity contribution is 5.34. The van der Waals surface area contributed by atoms with Gasteiger partial charge in [-0.05, 0) is 6.92 Å². The number of hydrogen-bond donors (Lipinski definition) is 0. The van der Waals surface area contributed by atoms with Gasteiger partial charge in [0.1, 0.15) is 12.2 Å². The van der Waals surface area contributed by atoms with Crippen LogP contribution in [0.3, 0.4) is 0 Å². The van der Waals surface area contributed by atoms with E-state index in [1.165, 1.54) is 6.33 Å². The highest BCUT2D eigenvalue weighted by atomic mass is 15.3. The van der Waals surface area contributed by atoms with E-state index in [2.05, 4.69) is 15.1 Å². The van der Waals surface area contributed by atoms with Crippen LogP contribution in [0.25, 0.3) is 5.65 Å². The molecule has 50 valence electrons.